The molecule has 0 spiro atoms. The SMILES string of the molecule is COc1ccc(Cl)cc1NCC(=O)N[C@H](C)c1ccc(F)cc1F. The third kappa shape index (κ3) is 4.58. The summed E-state index contributed by atoms with van der Waals surface area (Å²) in [5.41, 5.74) is 0.783. The summed E-state index contributed by atoms with van der Waals surface area (Å²) in [4.78, 5) is 12.0. The van der Waals surface area contributed by atoms with Crippen molar-refractivity contribution >= 4 is 23.2 Å². The number of anilines is 1. The summed E-state index contributed by atoms with van der Waals surface area (Å²) in [7, 11) is 1.51. The number of carbonyl (C=O) groups excluding carboxylic acids is 1. The first-order chi connectivity index (χ1) is 11.4. The molecule has 0 fully saturated rings. The first-order valence-corrected chi connectivity index (χ1v) is 7.60. The normalized spacial score (nSPS) is 11.7. The molecule has 0 aliphatic rings. The van der Waals surface area contributed by atoms with Crippen molar-refractivity contribution in [2.24, 2.45) is 0 Å². The van der Waals surface area contributed by atoms with Crippen molar-refractivity contribution in [3.8, 4) is 5.75 Å². The molecule has 2 aromatic rings. The van der Waals surface area contributed by atoms with Crippen molar-refractivity contribution in [2.75, 3.05) is 19.0 Å². The van der Waals surface area contributed by atoms with E-state index in [9.17, 15) is 13.6 Å². The second-order valence-corrected chi connectivity index (χ2v) is 5.59. The Morgan fingerprint density at radius 1 is 1.25 bits per heavy atom. The lowest BCUT2D eigenvalue weighted by molar-refractivity contribution is -0.120. The molecule has 0 aliphatic heterocycles. The van der Waals surface area contributed by atoms with Crippen LogP contribution in [-0.4, -0.2) is 19.6 Å². The van der Waals surface area contributed by atoms with E-state index in [2.05, 4.69) is 10.6 Å². The van der Waals surface area contributed by atoms with E-state index in [1.165, 1.54) is 13.2 Å². The minimum Gasteiger partial charge on any atom is -0.495 e. The van der Waals surface area contributed by atoms with E-state index >= 15 is 0 Å². The quantitative estimate of drug-likeness (QED) is 0.826. The zero-order chi connectivity index (χ0) is 17.7. The van der Waals surface area contributed by atoms with Crippen LogP contribution in [0.2, 0.25) is 5.02 Å². The van der Waals surface area contributed by atoms with Crippen LogP contribution in [0.4, 0.5) is 14.5 Å². The monoisotopic (exact) mass is 354 g/mol. The number of rotatable bonds is 6. The maximum Gasteiger partial charge on any atom is 0.239 e. The Balaban J connectivity index is 1.97. The van der Waals surface area contributed by atoms with Crippen LogP contribution >= 0.6 is 11.6 Å². The minimum absolute atomic E-state index is 0.0517. The molecule has 0 aliphatic carbocycles. The van der Waals surface area contributed by atoms with Crippen LogP contribution in [0.5, 0.6) is 5.75 Å². The summed E-state index contributed by atoms with van der Waals surface area (Å²) in [6.45, 7) is 1.57. The fourth-order valence-corrected chi connectivity index (χ4v) is 2.39. The van der Waals surface area contributed by atoms with E-state index in [4.69, 9.17) is 16.3 Å². The van der Waals surface area contributed by atoms with Gasteiger partial charge in [0.15, 0.2) is 0 Å². The van der Waals surface area contributed by atoms with Gasteiger partial charge in [0.2, 0.25) is 5.91 Å². The first-order valence-electron chi connectivity index (χ1n) is 7.22. The molecule has 0 aromatic heterocycles. The average molecular weight is 355 g/mol. The number of methoxy groups -OCH3 is 1. The van der Waals surface area contributed by atoms with Gasteiger partial charge in [0.25, 0.3) is 0 Å². The second kappa shape index (κ2) is 7.97. The van der Waals surface area contributed by atoms with Gasteiger partial charge >= 0.3 is 0 Å². The third-order valence-corrected chi connectivity index (χ3v) is 3.64. The summed E-state index contributed by atoms with van der Waals surface area (Å²) in [6.07, 6.45) is 0. The van der Waals surface area contributed by atoms with E-state index in [0.717, 1.165) is 12.1 Å². The van der Waals surface area contributed by atoms with Crippen LogP contribution in [-0.2, 0) is 4.79 Å². The van der Waals surface area contributed by atoms with Crippen molar-refractivity contribution in [1.29, 1.82) is 0 Å². The van der Waals surface area contributed by atoms with Gasteiger partial charge in [-0.2, -0.15) is 0 Å². The van der Waals surface area contributed by atoms with Gasteiger partial charge in [-0.15, -0.1) is 0 Å². The molecule has 2 aromatic carbocycles. The summed E-state index contributed by atoms with van der Waals surface area (Å²) in [5.74, 6) is -1.17. The Kier molecular flexibility index (Phi) is 5.98. The van der Waals surface area contributed by atoms with E-state index in [0.29, 0.717) is 16.5 Å². The predicted octanol–water partition coefficient (Wildman–Crippen LogP) is 3.92. The Morgan fingerprint density at radius 2 is 2.00 bits per heavy atom. The number of benzene rings is 2. The molecular formula is C17H17ClF2N2O2. The molecule has 0 bridgehead atoms. The molecule has 0 heterocycles. The van der Waals surface area contributed by atoms with Crippen LogP contribution in [0.1, 0.15) is 18.5 Å². The maximum absolute atomic E-state index is 13.7. The molecule has 24 heavy (non-hydrogen) atoms. The Morgan fingerprint density at radius 3 is 2.67 bits per heavy atom. The minimum atomic E-state index is -0.702. The first kappa shape index (κ1) is 18.0. The van der Waals surface area contributed by atoms with E-state index in [1.807, 2.05) is 0 Å². The highest BCUT2D eigenvalue weighted by Gasteiger charge is 2.14. The van der Waals surface area contributed by atoms with Crippen LogP contribution in [0.3, 0.4) is 0 Å². The molecule has 2 rings (SSSR count). The largest absolute Gasteiger partial charge is 0.495 e. The molecule has 1 atom stereocenters. The van der Waals surface area contributed by atoms with Gasteiger partial charge in [0.05, 0.1) is 25.4 Å². The van der Waals surface area contributed by atoms with Gasteiger partial charge in [-0.25, -0.2) is 8.78 Å². The van der Waals surface area contributed by atoms with Gasteiger partial charge in [0, 0.05) is 16.7 Å². The van der Waals surface area contributed by atoms with Gasteiger partial charge in [0.1, 0.15) is 17.4 Å². The average Bonchev–Trinajstić information content (AvgIpc) is 2.52. The third-order valence-electron chi connectivity index (χ3n) is 3.41. The Labute approximate surface area is 143 Å². The van der Waals surface area contributed by atoms with Crippen LogP contribution in [0.25, 0.3) is 0 Å². The predicted molar refractivity (Wildman–Crippen MR) is 89.4 cm³/mol. The molecule has 7 heteroatoms. The standard InChI is InChI=1S/C17H17ClF2N2O2/c1-10(13-5-4-12(19)8-14(13)20)22-17(23)9-21-15-7-11(18)3-6-16(15)24-2/h3-8,10,21H,9H2,1-2H3,(H,22,23)/t10-/m1/s1. The number of amides is 1. The van der Waals surface area contributed by atoms with E-state index in [1.54, 1.807) is 25.1 Å². The molecule has 128 valence electrons. The number of ether oxygens (including phenoxy) is 1. The summed E-state index contributed by atoms with van der Waals surface area (Å²) >= 11 is 5.92. The lowest BCUT2D eigenvalue weighted by Gasteiger charge is -2.16. The molecule has 4 nitrogen and oxygen atoms in total. The smallest absolute Gasteiger partial charge is 0.239 e. The fraction of sp³-hybridized carbons (Fsp3) is 0.235. The molecule has 0 radical (unpaired) electrons. The van der Waals surface area contributed by atoms with Crippen LogP contribution in [0, 0.1) is 11.6 Å². The van der Waals surface area contributed by atoms with Crippen LogP contribution in [0.15, 0.2) is 36.4 Å². The fourth-order valence-electron chi connectivity index (χ4n) is 2.22. The lowest BCUT2D eigenvalue weighted by atomic mass is 10.1. The number of nitrogens with one attached hydrogen (secondary N) is 2. The molecule has 1 amide bonds. The Hall–Kier alpha value is -2.34. The van der Waals surface area contributed by atoms with E-state index in [-0.39, 0.29) is 18.0 Å². The van der Waals surface area contributed by atoms with Crippen molar-refractivity contribution in [2.45, 2.75) is 13.0 Å². The Bertz CT molecular complexity index is 741. The van der Waals surface area contributed by atoms with Gasteiger partial charge in [-0.05, 0) is 31.2 Å². The molecular weight excluding hydrogens is 338 g/mol. The van der Waals surface area contributed by atoms with Crippen molar-refractivity contribution in [3.05, 3.63) is 58.6 Å². The zero-order valence-electron chi connectivity index (χ0n) is 13.2. The number of hydrogen-bond donors (Lipinski definition) is 2. The lowest BCUT2D eigenvalue weighted by Crippen LogP contribution is -2.32. The summed E-state index contributed by atoms with van der Waals surface area (Å²) in [5, 5.41) is 6.05. The second-order valence-electron chi connectivity index (χ2n) is 5.15. The van der Waals surface area contributed by atoms with Crippen molar-refractivity contribution in [1.82, 2.24) is 5.32 Å². The summed E-state index contributed by atoms with van der Waals surface area (Å²) in [6, 6.07) is 7.63. The highest BCUT2D eigenvalue weighted by molar-refractivity contribution is 6.30. The van der Waals surface area contributed by atoms with Gasteiger partial charge in [-0.3, -0.25) is 4.79 Å². The maximum atomic E-state index is 13.7. The van der Waals surface area contributed by atoms with E-state index < -0.39 is 17.7 Å². The molecule has 0 saturated heterocycles. The van der Waals surface area contributed by atoms with Gasteiger partial charge < -0.3 is 15.4 Å². The van der Waals surface area contributed by atoms with Crippen molar-refractivity contribution in [3.63, 3.8) is 0 Å². The highest BCUT2D eigenvalue weighted by atomic mass is 35.5. The number of carbonyl (C=O) groups is 1. The van der Waals surface area contributed by atoms with Crippen molar-refractivity contribution < 1.29 is 18.3 Å². The highest BCUT2D eigenvalue weighted by Crippen LogP contribution is 2.27. The zero-order valence-corrected chi connectivity index (χ0v) is 14.0. The molecule has 0 saturated carbocycles. The van der Waals surface area contributed by atoms with Crippen LogP contribution < -0.4 is 15.4 Å². The number of halogens is 3. The topological polar surface area (TPSA) is 50.4 Å². The number of hydrogen-bond acceptors (Lipinski definition) is 3. The summed E-state index contributed by atoms with van der Waals surface area (Å²) < 4.78 is 31.8. The molecule has 0 unspecified atom stereocenters. The molecule has 2 N–H and O–H groups in total. The van der Waals surface area contributed by atoms with Gasteiger partial charge in [-0.1, -0.05) is 17.7 Å².